The third kappa shape index (κ3) is 2.91. The van der Waals surface area contributed by atoms with E-state index in [1.165, 1.54) is 18.3 Å². The van der Waals surface area contributed by atoms with Crippen molar-refractivity contribution in [3.8, 4) is 5.75 Å². The number of nitro benzene ring substituents is 1. The molecule has 0 atom stereocenters. The number of anilines is 1. The lowest BCUT2D eigenvalue weighted by Gasteiger charge is -2.06. The third-order valence-corrected chi connectivity index (χ3v) is 2.89. The Morgan fingerprint density at radius 3 is 2.70 bits per heavy atom. The largest absolute Gasteiger partial charge is 0.502 e. The molecule has 1 aromatic heterocycles. The van der Waals surface area contributed by atoms with Crippen molar-refractivity contribution in [2.24, 2.45) is 0 Å². The number of phenols is 1. The van der Waals surface area contributed by atoms with Gasteiger partial charge < -0.3 is 10.4 Å². The van der Waals surface area contributed by atoms with Gasteiger partial charge in [-0.05, 0) is 34.1 Å². The Bertz CT molecular complexity index is 673. The molecule has 2 rings (SSSR count). The van der Waals surface area contributed by atoms with Crippen molar-refractivity contribution in [1.82, 2.24) is 4.98 Å². The Hall–Kier alpha value is -2.48. The summed E-state index contributed by atoms with van der Waals surface area (Å²) in [4.78, 5) is 25.8. The number of aromatic hydroxyl groups is 1. The van der Waals surface area contributed by atoms with E-state index >= 15 is 0 Å². The Labute approximate surface area is 121 Å². The topological polar surface area (TPSA) is 105 Å². The van der Waals surface area contributed by atoms with Gasteiger partial charge in [0.2, 0.25) is 5.75 Å². The fourth-order valence-corrected chi connectivity index (χ4v) is 1.73. The maximum Gasteiger partial charge on any atom is 0.311 e. The Morgan fingerprint density at radius 2 is 2.10 bits per heavy atom. The van der Waals surface area contributed by atoms with Crippen LogP contribution in [0.5, 0.6) is 5.75 Å². The van der Waals surface area contributed by atoms with E-state index in [0.29, 0.717) is 0 Å². The first-order valence-electron chi connectivity index (χ1n) is 5.38. The van der Waals surface area contributed by atoms with Crippen molar-refractivity contribution < 1.29 is 14.8 Å². The molecule has 0 aliphatic rings. The molecule has 102 valence electrons. The number of carbonyl (C=O) groups excluding carboxylic acids is 1. The van der Waals surface area contributed by atoms with Crippen molar-refractivity contribution >= 4 is 33.3 Å². The number of halogens is 1. The van der Waals surface area contributed by atoms with Gasteiger partial charge in [0.25, 0.3) is 5.91 Å². The van der Waals surface area contributed by atoms with Crippen LogP contribution >= 0.6 is 15.9 Å². The zero-order valence-electron chi connectivity index (χ0n) is 9.91. The number of carbonyl (C=O) groups is 1. The van der Waals surface area contributed by atoms with Crippen molar-refractivity contribution in [3.63, 3.8) is 0 Å². The minimum atomic E-state index is -0.760. The number of hydrogen-bond acceptors (Lipinski definition) is 5. The van der Waals surface area contributed by atoms with Crippen LogP contribution in [0.2, 0.25) is 0 Å². The van der Waals surface area contributed by atoms with Gasteiger partial charge in [-0.3, -0.25) is 14.9 Å². The van der Waals surface area contributed by atoms with Crippen LogP contribution in [0.3, 0.4) is 0 Å². The van der Waals surface area contributed by atoms with Gasteiger partial charge in [-0.2, -0.15) is 0 Å². The highest BCUT2D eigenvalue weighted by molar-refractivity contribution is 9.10. The maximum absolute atomic E-state index is 11.9. The molecule has 0 radical (unpaired) electrons. The molecule has 0 aliphatic heterocycles. The molecule has 0 fully saturated rings. The fraction of sp³-hybridized carbons (Fsp3) is 0. The second-order valence-electron chi connectivity index (χ2n) is 3.75. The number of pyridine rings is 1. The second kappa shape index (κ2) is 5.66. The Kier molecular flexibility index (Phi) is 3.94. The number of benzene rings is 1. The monoisotopic (exact) mass is 337 g/mol. The molecule has 0 aliphatic carbocycles. The molecular weight excluding hydrogens is 330 g/mol. The first-order chi connectivity index (χ1) is 9.49. The summed E-state index contributed by atoms with van der Waals surface area (Å²) in [6, 6.07) is 6.95. The zero-order valence-corrected chi connectivity index (χ0v) is 11.5. The molecule has 1 amide bonds. The quantitative estimate of drug-likeness (QED) is 0.661. The Balaban J connectivity index is 2.28. The number of rotatable bonds is 3. The second-order valence-corrected chi connectivity index (χ2v) is 4.66. The van der Waals surface area contributed by atoms with Crippen molar-refractivity contribution in [1.29, 1.82) is 0 Å². The maximum atomic E-state index is 11.9. The first kappa shape index (κ1) is 13.9. The Morgan fingerprint density at radius 1 is 1.35 bits per heavy atom. The predicted molar refractivity (Wildman–Crippen MR) is 74.7 cm³/mol. The van der Waals surface area contributed by atoms with Crippen LogP contribution in [-0.2, 0) is 0 Å². The van der Waals surface area contributed by atoms with Crippen molar-refractivity contribution in [3.05, 3.63) is 56.7 Å². The summed E-state index contributed by atoms with van der Waals surface area (Å²) in [5, 5.41) is 22.8. The highest BCUT2D eigenvalue weighted by Gasteiger charge is 2.21. The molecule has 1 aromatic carbocycles. The highest BCUT2D eigenvalue weighted by Crippen LogP contribution is 2.29. The van der Waals surface area contributed by atoms with Crippen molar-refractivity contribution in [2.75, 3.05) is 5.32 Å². The van der Waals surface area contributed by atoms with Gasteiger partial charge in [-0.1, -0.05) is 6.07 Å². The molecule has 0 unspecified atom stereocenters. The molecule has 2 aromatic rings. The van der Waals surface area contributed by atoms with Crippen LogP contribution in [0, 0.1) is 10.1 Å². The summed E-state index contributed by atoms with van der Waals surface area (Å²) in [6.45, 7) is 0. The number of nitro groups is 1. The number of nitrogens with one attached hydrogen (secondary N) is 1. The molecule has 0 saturated heterocycles. The van der Waals surface area contributed by atoms with Gasteiger partial charge in [0, 0.05) is 16.7 Å². The van der Waals surface area contributed by atoms with E-state index in [0.717, 1.165) is 10.5 Å². The predicted octanol–water partition coefficient (Wildman–Crippen LogP) is 2.71. The van der Waals surface area contributed by atoms with E-state index in [1.54, 1.807) is 12.1 Å². The normalized spacial score (nSPS) is 10.1. The molecule has 8 heteroatoms. The molecule has 2 N–H and O–H groups in total. The SMILES string of the molecule is O=C(Nc1ccc(Br)cn1)c1cccc([N+](=O)[O-])c1O. The lowest BCUT2D eigenvalue weighted by molar-refractivity contribution is -0.385. The van der Waals surface area contributed by atoms with Crippen LogP contribution in [-0.4, -0.2) is 20.9 Å². The van der Waals surface area contributed by atoms with E-state index in [-0.39, 0.29) is 11.4 Å². The average Bonchev–Trinajstić information content (AvgIpc) is 2.41. The molecular formula is C12H8BrN3O4. The molecule has 20 heavy (non-hydrogen) atoms. The van der Waals surface area contributed by atoms with E-state index in [2.05, 4.69) is 26.2 Å². The number of amides is 1. The van der Waals surface area contributed by atoms with Crippen LogP contribution < -0.4 is 5.32 Å². The number of aromatic nitrogens is 1. The molecule has 0 saturated carbocycles. The van der Waals surface area contributed by atoms with Gasteiger partial charge in [0.15, 0.2) is 0 Å². The lowest BCUT2D eigenvalue weighted by atomic mass is 10.1. The molecule has 1 heterocycles. The molecule has 0 spiro atoms. The standard InChI is InChI=1S/C12H8BrN3O4/c13-7-4-5-10(14-6-7)15-12(18)8-2-1-3-9(11(8)17)16(19)20/h1-6,17H,(H,14,15,18). The first-order valence-corrected chi connectivity index (χ1v) is 6.17. The summed E-state index contributed by atoms with van der Waals surface area (Å²) < 4.78 is 0.744. The molecule has 7 nitrogen and oxygen atoms in total. The summed E-state index contributed by atoms with van der Waals surface area (Å²) in [5.41, 5.74) is -0.717. The smallest absolute Gasteiger partial charge is 0.311 e. The van der Waals surface area contributed by atoms with Crippen LogP contribution in [0.25, 0.3) is 0 Å². The number of phenolic OH excluding ortho intramolecular Hbond substituents is 1. The van der Waals surface area contributed by atoms with Gasteiger partial charge in [-0.25, -0.2) is 4.98 Å². The van der Waals surface area contributed by atoms with E-state index in [4.69, 9.17) is 0 Å². The average molecular weight is 338 g/mol. The van der Waals surface area contributed by atoms with E-state index < -0.39 is 22.3 Å². The van der Waals surface area contributed by atoms with Gasteiger partial charge in [0.05, 0.1) is 10.5 Å². The summed E-state index contributed by atoms with van der Waals surface area (Å²) >= 11 is 3.20. The molecule has 0 bridgehead atoms. The lowest BCUT2D eigenvalue weighted by Crippen LogP contribution is -2.13. The summed E-state index contributed by atoms with van der Waals surface area (Å²) in [5.74, 6) is -1.09. The fourth-order valence-electron chi connectivity index (χ4n) is 1.50. The minimum Gasteiger partial charge on any atom is -0.502 e. The number of hydrogen-bond donors (Lipinski definition) is 2. The van der Waals surface area contributed by atoms with Crippen LogP contribution in [0.4, 0.5) is 11.5 Å². The summed E-state index contributed by atoms with van der Waals surface area (Å²) in [7, 11) is 0. The van der Waals surface area contributed by atoms with Gasteiger partial charge in [-0.15, -0.1) is 0 Å². The minimum absolute atomic E-state index is 0.191. The van der Waals surface area contributed by atoms with Crippen molar-refractivity contribution in [2.45, 2.75) is 0 Å². The van der Waals surface area contributed by atoms with Gasteiger partial charge in [0.1, 0.15) is 5.82 Å². The van der Waals surface area contributed by atoms with Gasteiger partial charge >= 0.3 is 5.69 Å². The third-order valence-electron chi connectivity index (χ3n) is 2.43. The zero-order chi connectivity index (χ0) is 14.7. The summed E-state index contributed by atoms with van der Waals surface area (Å²) in [6.07, 6.45) is 1.49. The van der Waals surface area contributed by atoms with Crippen LogP contribution in [0.1, 0.15) is 10.4 Å². The highest BCUT2D eigenvalue weighted by atomic mass is 79.9. The van der Waals surface area contributed by atoms with E-state index in [1.807, 2.05) is 0 Å². The van der Waals surface area contributed by atoms with E-state index in [9.17, 15) is 20.0 Å². The number of nitrogens with zero attached hydrogens (tertiary/aromatic N) is 2. The van der Waals surface area contributed by atoms with Crippen LogP contribution in [0.15, 0.2) is 41.0 Å². The number of para-hydroxylation sites is 1.